The highest BCUT2D eigenvalue weighted by molar-refractivity contribution is 7.89. The summed E-state index contributed by atoms with van der Waals surface area (Å²) in [6.45, 7) is 5.53. The van der Waals surface area contributed by atoms with E-state index < -0.39 is 10.0 Å². The van der Waals surface area contributed by atoms with E-state index in [1.807, 2.05) is 0 Å². The molecule has 0 amide bonds. The Morgan fingerprint density at radius 1 is 1.15 bits per heavy atom. The third kappa shape index (κ3) is 2.93. The molecule has 2 aromatic rings. The molecule has 2 saturated heterocycles. The molecular formula is C19H24ClN3O2S. The molecule has 26 heavy (non-hydrogen) atoms. The van der Waals surface area contributed by atoms with Crippen LogP contribution in [0, 0.1) is 0 Å². The molecule has 0 N–H and O–H groups in total. The summed E-state index contributed by atoms with van der Waals surface area (Å²) in [5.41, 5.74) is 0.537. The van der Waals surface area contributed by atoms with Crippen molar-refractivity contribution < 1.29 is 8.42 Å². The molecule has 7 heteroatoms. The number of hydrogen-bond acceptors (Lipinski definition) is 4. The van der Waals surface area contributed by atoms with E-state index in [4.69, 9.17) is 11.6 Å². The Kier molecular flexibility index (Phi) is 4.72. The van der Waals surface area contributed by atoms with Gasteiger partial charge in [0, 0.05) is 42.8 Å². The maximum atomic E-state index is 13.5. The molecule has 4 rings (SSSR count). The van der Waals surface area contributed by atoms with Crippen molar-refractivity contribution in [2.24, 2.45) is 0 Å². The first-order valence-electron chi connectivity index (χ1n) is 9.20. The van der Waals surface area contributed by atoms with Crippen LogP contribution in [0.1, 0.15) is 33.1 Å². The number of halogens is 1. The van der Waals surface area contributed by atoms with Crippen LogP contribution in [0.25, 0.3) is 10.9 Å². The lowest BCUT2D eigenvalue weighted by Gasteiger charge is -2.32. The molecule has 140 valence electrons. The number of hydrogen-bond donors (Lipinski definition) is 0. The molecule has 2 bridgehead atoms. The van der Waals surface area contributed by atoms with Gasteiger partial charge in [-0.3, -0.25) is 9.88 Å². The number of sulfonamides is 1. The Balaban J connectivity index is 1.73. The second-order valence-corrected chi connectivity index (χ2v) is 9.84. The fourth-order valence-corrected chi connectivity index (χ4v) is 6.51. The Morgan fingerprint density at radius 3 is 2.69 bits per heavy atom. The zero-order valence-corrected chi connectivity index (χ0v) is 16.7. The van der Waals surface area contributed by atoms with Crippen LogP contribution >= 0.6 is 11.6 Å². The summed E-state index contributed by atoms with van der Waals surface area (Å²) in [5.74, 6) is 0. The van der Waals surface area contributed by atoms with Gasteiger partial charge in [0.1, 0.15) is 0 Å². The van der Waals surface area contributed by atoms with E-state index in [9.17, 15) is 8.42 Å². The van der Waals surface area contributed by atoms with Gasteiger partial charge in [-0.1, -0.05) is 11.6 Å². The van der Waals surface area contributed by atoms with Crippen molar-refractivity contribution in [3.8, 4) is 0 Å². The van der Waals surface area contributed by atoms with Crippen molar-refractivity contribution in [2.45, 2.75) is 56.1 Å². The average Bonchev–Trinajstić information content (AvgIpc) is 2.89. The highest BCUT2D eigenvalue weighted by Gasteiger charge is 2.41. The molecule has 2 atom stereocenters. The van der Waals surface area contributed by atoms with Crippen molar-refractivity contribution in [2.75, 3.05) is 13.1 Å². The maximum Gasteiger partial charge on any atom is 0.243 e. The van der Waals surface area contributed by atoms with Gasteiger partial charge in [0.2, 0.25) is 10.0 Å². The Morgan fingerprint density at radius 2 is 1.92 bits per heavy atom. The van der Waals surface area contributed by atoms with E-state index in [1.54, 1.807) is 34.8 Å². The van der Waals surface area contributed by atoms with Crippen LogP contribution in [-0.2, 0) is 10.0 Å². The van der Waals surface area contributed by atoms with E-state index in [-0.39, 0.29) is 0 Å². The fourth-order valence-electron chi connectivity index (χ4n) is 4.62. The number of pyridine rings is 1. The lowest BCUT2D eigenvalue weighted by Crippen LogP contribution is -2.44. The average molecular weight is 394 g/mol. The van der Waals surface area contributed by atoms with Gasteiger partial charge in [0.15, 0.2) is 0 Å². The van der Waals surface area contributed by atoms with E-state index in [1.165, 1.54) is 6.42 Å². The van der Waals surface area contributed by atoms with Crippen LogP contribution < -0.4 is 0 Å². The zero-order chi connectivity index (χ0) is 18.5. The molecule has 2 aliphatic rings. The standard InChI is InChI=1S/C19H24ClN3O2S/c1-13(2)23-14-5-6-15(23)12-22(11-9-14)26(24,25)18-8-7-17(20)19-16(18)4-3-10-21-19/h3-4,7-8,10,13-15H,5-6,9,11-12H2,1-2H3. The summed E-state index contributed by atoms with van der Waals surface area (Å²) in [5, 5.41) is 1.07. The minimum atomic E-state index is -3.59. The molecule has 2 aliphatic heterocycles. The molecule has 0 aliphatic carbocycles. The summed E-state index contributed by atoms with van der Waals surface area (Å²) < 4.78 is 28.6. The molecule has 0 radical (unpaired) electrons. The molecular weight excluding hydrogens is 370 g/mol. The summed E-state index contributed by atoms with van der Waals surface area (Å²) in [7, 11) is -3.59. The Bertz CT molecular complexity index is 932. The second-order valence-electron chi connectivity index (χ2n) is 7.52. The summed E-state index contributed by atoms with van der Waals surface area (Å²) in [4.78, 5) is 7.08. The lowest BCUT2D eigenvalue weighted by atomic mass is 10.1. The van der Waals surface area contributed by atoms with Gasteiger partial charge in [-0.2, -0.15) is 4.31 Å². The van der Waals surface area contributed by atoms with Gasteiger partial charge in [-0.25, -0.2) is 8.42 Å². The number of fused-ring (bicyclic) bond motifs is 3. The van der Waals surface area contributed by atoms with E-state index in [2.05, 4.69) is 23.7 Å². The molecule has 1 aromatic heterocycles. The topological polar surface area (TPSA) is 53.5 Å². The molecule has 1 aromatic carbocycles. The van der Waals surface area contributed by atoms with Gasteiger partial charge >= 0.3 is 0 Å². The number of benzene rings is 1. The monoisotopic (exact) mass is 393 g/mol. The van der Waals surface area contributed by atoms with Crippen LogP contribution in [0.4, 0.5) is 0 Å². The summed E-state index contributed by atoms with van der Waals surface area (Å²) in [6, 6.07) is 8.02. The predicted molar refractivity (Wildman–Crippen MR) is 104 cm³/mol. The van der Waals surface area contributed by atoms with Crippen LogP contribution in [-0.4, -0.2) is 53.8 Å². The molecule has 2 fully saturated rings. The first kappa shape index (κ1) is 18.2. The van der Waals surface area contributed by atoms with Gasteiger partial charge in [0.05, 0.1) is 15.4 Å². The Hall–Kier alpha value is -1.21. The maximum absolute atomic E-state index is 13.5. The van der Waals surface area contributed by atoms with Crippen LogP contribution in [0.2, 0.25) is 5.02 Å². The molecule has 0 saturated carbocycles. The SMILES string of the molecule is CC(C)N1C2CCC1CN(S(=O)(=O)c1ccc(Cl)c3ncccc13)CC2. The number of nitrogens with zero attached hydrogens (tertiary/aromatic N) is 3. The summed E-state index contributed by atoms with van der Waals surface area (Å²) in [6.07, 6.45) is 4.76. The first-order chi connectivity index (χ1) is 12.4. The first-order valence-corrected chi connectivity index (χ1v) is 11.0. The molecule has 0 spiro atoms. The number of aromatic nitrogens is 1. The Labute approximate surface area is 160 Å². The van der Waals surface area contributed by atoms with Crippen molar-refractivity contribution >= 4 is 32.5 Å². The number of rotatable bonds is 3. The normalized spacial score (nSPS) is 25.1. The highest BCUT2D eigenvalue weighted by Crippen LogP contribution is 2.35. The van der Waals surface area contributed by atoms with E-state index >= 15 is 0 Å². The van der Waals surface area contributed by atoms with E-state index in [0.29, 0.717) is 52.0 Å². The van der Waals surface area contributed by atoms with Crippen molar-refractivity contribution in [3.63, 3.8) is 0 Å². The van der Waals surface area contributed by atoms with Crippen LogP contribution in [0.15, 0.2) is 35.4 Å². The largest absolute Gasteiger partial charge is 0.294 e. The third-order valence-corrected chi connectivity index (χ3v) is 7.93. The fraction of sp³-hybridized carbons (Fsp3) is 0.526. The molecule has 2 unspecified atom stereocenters. The van der Waals surface area contributed by atoms with Gasteiger partial charge in [0.25, 0.3) is 0 Å². The minimum absolute atomic E-state index is 0.300. The minimum Gasteiger partial charge on any atom is -0.294 e. The smallest absolute Gasteiger partial charge is 0.243 e. The highest BCUT2D eigenvalue weighted by atomic mass is 35.5. The zero-order valence-electron chi connectivity index (χ0n) is 15.1. The van der Waals surface area contributed by atoms with Crippen molar-refractivity contribution in [1.29, 1.82) is 0 Å². The molecule has 5 nitrogen and oxygen atoms in total. The van der Waals surface area contributed by atoms with Crippen LogP contribution in [0.5, 0.6) is 0 Å². The predicted octanol–water partition coefficient (Wildman–Crippen LogP) is 3.52. The van der Waals surface area contributed by atoms with Crippen LogP contribution in [0.3, 0.4) is 0 Å². The van der Waals surface area contributed by atoms with E-state index in [0.717, 1.165) is 12.8 Å². The van der Waals surface area contributed by atoms with Gasteiger partial charge in [-0.15, -0.1) is 0 Å². The summed E-state index contributed by atoms with van der Waals surface area (Å²) >= 11 is 6.22. The molecule has 3 heterocycles. The van der Waals surface area contributed by atoms with Crippen molar-refractivity contribution in [3.05, 3.63) is 35.5 Å². The lowest BCUT2D eigenvalue weighted by molar-refractivity contribution is 0.154. The second kappa shape index (κ2) is 6.75. The van der Waals surface area contributed by atoms with Gasteiger partial charge in [-0.05, 0) is 57.4 Å². The quantitative estimate of drug-likeness (QED) is 0.800. The van der Waals surface area contributed by atoms with Gasteiger partial charge < -0.3 is 0 Å². The third-order valence-electron chi connectivity index (χ3n) is 5.70. The van der Waals surface area contributed by atoms with Crippen molar-refractivity contribution in [1.82, 2.24) is 14.2 Å².